The molecular weight excluding hydrogens is 695 g/mol. The Morgan fingerprint density at radius 3 is 2.38 bits per heavy atom. The Balaban J connectivity index is 1.16. The molecule has 1 aliphatic carbocycles. The summed E-state index contributed by atoms with van der Waals surface area (Å²) >= 11 is 3.51. The maximum absolute atomic E-state index is 14.2. The van der Waals surface area contributed by atoms with Gasteiger partial charge < -0.3 is 24.8 Å². The number of anilines is 3. The Hall–Kier alpha value is -4.48. The van der Waals surface area contributed by atoms with E-state index < -0.39 is 25.1 Å². The third-order valence-electron chi connectivity index (χ3n) is 9.95. The van der Waals surface area contributed by atoms with Crippen molar-refractivity contribution in [2.45, 2.75) is 31.7 Å². The van der Waals surface area contributed by atoms with E-state index >= 15 is 0 Å². The standard InChI is InChI=1S/C40H38BBrN2O6/c1-49-24-28-22-33-38(40(47)44(39(33)46)32-16-14-31(15-17-32)43-30-10-6-3-7-11-30)34-23-41(48)50-36(37(28)34)19-12-26(25-8-4-2-5-9-25)20-27-21-29(42)13-18-35(27)45/h2-11,13-18,20-21,33-34,36,38,43,45,48H,12,19,22-24H2,1H3/b26-20-/t33-,34+,36-,38-/m1/s1. The Labute approximate surface area is 300 Å². The minimum absolute atomic E-state index is 0.172. The SMILES string of the molecule is COCC1=C2[C@@H](CC/C(=C/c3cc(Br)ccc3O)c3ccccc3)OB(O)C[C@@H]2[C@@H]2C(=O)N(c3ccc(Nc4ccccc4)cc3)C(=O)[C@@H]2C1. The molecule has 0 radical (unpaired) electrons. The Morgan fingerprint density at radius 1 is 0.960 bits per heavy atom. The third kappa shape index (κ3) is 6.94. The van der Waals surface area contributed by atoms with Gasteiger partial charge in [0.25, 0.3) is 0 Å². The number of aromatic hydroxyl groups is 1. The van der Waals surface area contributed by atoms with Crippen LogP contribution in [0.3, 0.4) is 0 Å². The van der Waals surface area contributed by atoms with Crippen molar-refractivity contribution >= 4 is 63.6 Å². The molecule has 2 heterocycles. The lowest BCUT2D eigenvalue weighted by Crippen LogP contribution is -2.46. The predicted molar refractivity (Wildman–Crippen MR) is 200 cm³/mol. The summed E-state index contributed by atoms with van der Waals surface area (Å²) in [5.41, 5.74) is 6.90. The second-order valence-electron chi connectivity index (χ2n) is 13.1. The highest BCUT2D eigenvalue weighted by molar-refractivity contribution is 9.10. The normalized spacial score (nSPS) is 22.1. The molecule has 2 aliphatic heterocycles. The van der Waals surface area contributed by atoms with E-state index in [4.69, 9.17) is 9.39 Å². The molecule has 3 N–H and O–H groups in total. The first-order valence-electron chi connectivity index (χ1n) is 16.9. The van der Waals surface area contributed by atoms with Crippen LogP contribution in [-0.4, -0.2) is 48.9 Å². The average Bonchev–Trinajstić information content (AvgIpc) is 3.37. The topological polar surface area (TPSA) is 108 Å². The maximum atomic E-state index is 14.2. The van der Waals surface area contributed by atoms with Crippen molar-refractivity contribution in [2.24, 2.45) is 17.8 Å². The Kier molecular flexibility index (Phi) is 10.1. The minimum atomic E-state index is -1.09. The van der Waals surface area contributed by atoms with Crippen molar-refractivity contribution in [3.63, 3.8) is 0 Å². The number of imide groups is 1. The van der Waals surface area contributed by atoms with Crippen LogP contribution in [0.5, 0.6) is 5.75 Å². The van der Waals surface area contributed by atoms with Crippen LogP contribution in [0.2, 0.25) is 6.32 Å². The van der Waals surface area contributed by atoms with Crippen molar-refractivity contribution in [2.75, 3.05) is 23.9 Å². The van der Waals surface area contributed by atoms with Gasteiger partial charge in [-0.3, -0.25) is 14.5 Å². The van der Waals surface area contributed by atoms with Gasteiger partial charge in [0.05, 0.1) is 30.2 Å². The molecule has 2 saturated heterocycles. The van der Waals surface area contributed by atoms with Gasteiger partial charge in [0.15, 0.2) is 0 Å². The fraction of sp³-hybridized carbons (Fsp3) is 0.250. The highest BCUT2D eigenvalue weighted by Gasteiger charge is 2.57. The highest BCUT2D eigenvalue weighted by atomic mass is 79.9. The number of phenolic OH excluding ortho intramolecular Hbond substituents is 1. The van der Waals surface area contributed by atoms with Crippen molar-refractivity contribution in [3.8, 4) is 5.75 Å². The van der Waals surface area contributed by atoms with E-state index in [1.54, 1.807) is 31.4 Å². The number of phenols is 1. The number of hydrogen-bond acceptors (Lipinski definition) is 7. The number of allylic oxidation sites excluding steroid dienone is 1. The van der Waals surface area contributed by atoms with Crippen LogP contribution in [0, 0.1) is 17.8 Å². The number of nitrogens with zero attached hydrogens (tertiary/aromatic N) is 1. The van der Waals surface area contributed by atoms with E-state index in [0.717, 1.165) is 38.1 Å². The van der Waals surface area contributed by atoms with Gasteiger partial charge in [-0.2, -0.15) is 0 Å². The lowest BCUT2D eigenvalue weighted by molar-refractivity contribution is -0.122. The fourth-order valence-corrected chi connectivity index (χ4v) is 8.15. The fourth-order valence-electron chi connectivity index (χ4n) is 7.77. The summed E-state index contributed by atoms with van der Waals surface area (Å²) in [7, 11) is 0.539. The van der Waals surface area contributed by atoms with E-state index in [1.165, 1.54) is 4.90 Å². The predicted octanol–water partition coefficient (Wildman–Crippen LogP) is 7.87. The minimum Gasteiger partial charge on any atom is -0.507 e. The molecule has 3 aliphatic rings. The van der Waals surface area contributed by atoms with Crippen LogP contribution in [0.1, 0.15) is 30.4 Å². The zero-order chi connectivity index (χ0) is 34.8. The number of halogens is 1. The quantitative estimate of drug-likeness (QED) is 0.0660. The number of ether oxygens (including phenoxy) is 1. The van der Waals surface area contributed by atoms with Gasteiger partial charge in [-0.25, -0.2) is 0 Å². The Morgan fingerprint density at radius 2 is 1.66 bits per heavy atom. The molecule has 7 rings (SSSR count). The molecule has 50 heavy (non-hydrogen) atoms. The number of carbonyl (C=O) groups excluding carboxylic acids is 2. The molecule has 0 spiro atoms. The van der Waals surface area contributed by atoms with Crippen molar-refractivity contribution in [3.05, 3.63) is 130 Å². The van der Waals surface area contributed by atoms with E-state index in [1.807, 2.05) is 84.9 Å². The van der Waals surface area contributed by atoms with Gasteiger partial charge in [0.1, 0.15) is 5.75 Å². The first-order chi connectivity index (χ1) is 24.3. The number of fused-ring (bicyclic) bond motifs is 3. The summed E-state index contributed by atoms with van der Waals surface area (Å²) < 4.78 is 12.7. The first kappa shape index (κ1) is 34.0. The number of para-hydroxylation sites is 1. The second kappa shape index (κ2) is 14.8. The van der Waals surface area contributed by atoms with Gasteiger partial charge >= 0.3 is 7.12 Å². The molecule has 0 bridgehead atoms. The van der Waals surface area contributed by atoms with E-state index in [9.17, 15) is 19.7 Å². The van der Waals surface area contributed by atoms with Crippen molar-refractivity contribution in [1.82, 2.24) is 0 Å². The van der Waals surface area contributed by atoms with Crippen LogP contribution in [-0.2, 0) is 19.0 Å². The number of methoxy groups -OCH3 is 1. The summed E-state index contributed by atoms with van der Waals surface area (Å²) in [5.74, 6) is -1.82. The number of nitrogens with one attached hydrogen (secondary N) is 1. The number of rotatable bonds is 10. The Bertz CT molecular complexity index is 1930. The van der Waals surface area contributed by atoms with E-state index in [0.29, 0.717) is 37.1 Å². The molecule has 2 fully saturated rings. The van der Waals surface area contributed by atoms with Crippen molar-refractivity contribution < 1.29 is 29.1 Å². The smallest absolute Gasteiger partial charge is 0.455 e. The van der Waals surface area contributed by atoms with Gasteiger partial charge in [-0.15, -0.1) is 0 Å². The molecule has 0 aromatic heterocycles. The third-order valence-corrected chi connectivity index (χ3v) is 10.4. The molecule has 0 unspecified atom stereocenters. The largest absolute Gasteiger partial charge is 0.507 e. The highest BCUT2D eigenvalue weighted by Crippen LogP contribution is 2.51. The van der Waals surface area contributed by atoms with Gasteiger partial charge in [-0.05, 0) is 114 Å². The summed E-state index contributed by atoms with van der Waals surface area (Å²) in [6, 6.07) is 32.4. The summed E-state index contributed by atoms with van der Waals surface area (Å²) in [5, 5.41) is 25.1. The van der Waals surface area contributed by atoms with E-state index in [-0.39, 0.29) is 29.8 Å². The lowest BCUT2D eigenvalue weighted by Gasteiger charge is -2.43. The van der Waals surface area contributed by atoms with Crippen LogP contribution in [0.15, 0.2) is 119 Å². The van der Waals surface area contributed by atoms with Gasteiger partial charge in [0.2, 0.25) is 11.8 Å². The molecule has 254 valence electrons. The molecular formula is C40H38BBrN2O6. The summed E-state index contributed by atoms with van der Waals surface area (Å²) in [6.07, 6.45) is 3.19. The lowest BCUT2D eigenvalue weighted by atomic mass is 9.58. The van der Waals surface area contributed by atoms with Crippen LogP contribution in [0.25, 0.3) is 11.6 Å². The average molecular weight is 733 g/mol. The summed E-state index contributed by atoms with van der Waals surface area (Å²) in [6.45, 7) is 0.305. The first-order valence-corrected chi connectivity index (χ1v) is 17.7. The zero-order valence-corrected chi connectivity index (χ0v) is 29.3. The van der Waals surface area contributed by atoms with Crippen LogP contribution in [0.4, 0.5) is 17.1 Å². The number of amides is 2. The monoisotopic (exact) mass is 732 g/mol. The number of hydrogen-bond donors (Lipinski definition) is 3. The molecule has 2 amide bonds. The molecule has 4 aromatic rings. The maximum Gasteiger partial charge on any atom is 0.455 e. The van der Waals surface area contributed by atoms with Crippen LogP contribution < -0.4 is 10.2 Å². The molecule has 4 aromatic carbocycles. The second-order valence-corrected chi connectivity index (χ2v) is 14.0. The molecule has 0 saturated carbocycles. The van der Waals surface area contributed by atoms with Gasteiger partial charge in [-0.1, -0.05) is 64.5 Å². The van der Waals surface area contributed by atoms with Crippen LogP contribution >= 0.6 is 15.9 Å². The molecule has 4 atom stereocenters. The number of benzene rings is 4. The summed E-state index contributed by atoms with van der Waals surface area (Å²) in [4.78, 5) is 29.6. The van der Waals surface area contributed by atoms with E-state index in [2.05, 4.69) is 21.2 Å². The number of carbonyl (C=O) groups is 2. The molecule has 8 nitrogen and oxygen atoms in total. The zero-order valence-electron chi connectivity index (χ0n) is 27.7. The van der Waals surface area contributed by atoms with Gasteiger partial charge in [0, 0.05) is 28.5 Å². The molecule has 10 heteroatoms. The van der Waals surface area contributed by atoms with Crippen molar-refractivity contribution in [1.29, 1.82) is 0 Å².